The van der Waals surface area contributed by atoms with Crippen LogP contribution in [0.2, 0.25) is 0 Å². The van der Waals surface area contributed by atoms with Crippen molar-refractivity contribution in [3.05, 3.63) is 65.2 Å². The molecule has 2 heterocycles. The van der Waals surface area contributed by atoms with Gasteiger partial charge in [0.2, 0.25) is 0 Å². The Morgan fingerprint density at radius 2 is 2.04 bits per heavy atom. The Bertz CT molecular complexity index is 901. The molecule has 5 nitrogen and oxygen atoms in total. The summed E-state index contributed by atoms with van der Waals surface area (Å²) in [6, 6.07) is 15.9. The Labute approximate surface area is 163 Å². The van der Waals surface area contributed by atoms with Gasteiger partial charge in [-0.1, -0.05) is 48.0 Å². The lowest BCUT2D eigenvalue weighted by atomic mass is 10.1. The van der Waals surface area contributed by atoms with E-state index in [0.717, 1.165) is 22.6 Å². The molecule has 1 N–H and O–H groups in total. The molecule has 0 aliphatic carbocycles. The van der Waals surface area contributed by atoms with Crippen LogP contribution >= 0.6 is 11.8 Å². The predicted octanol–water partition coefficient (Wildman–Crippen LogP) is 3.47. The van der Waals surface area contributed by atoms with Gasteiger partial charge in [0, 0.05) is 24.4 Å². The molecule has 3 amide bonds. The zero-order valence-electron chi connectivity index (χ0n) is 15.6. The zero-order chi connectivity index (χ0) is 19.0. The number of amides is 3. The molecule has 140 valence electrons. The Balaban J connectivity index is 1.77. The number of carbonyl (C=O) groups is 2. The van der Waals surface area contributed by atoms with Crippen LogP contribution in [0.4, 0.5) is 10.5 Å². The van der Waals surface area contributed by atoms with E-state index in [-0.39, 0.29) is 11.9 Å². The van der Waals surface area contributed by atoms with Crippen molar-refractivity contribution in [2.45, 2.75) is 25.3 Å². The second kappa shape index (κ2) is 6.93. The molecule has 0 saturated carbocycles. The molecule has 0 aromatic heterocycles. The van der Waals surface area contributed by atoms with Gasteiger partial charge in [-0.15, -0.1) is 11.8 Å². The van der Waals surface area contributed by atoms with Gasteiger partial charge in [0.1, 0.15) is 0 Å². The maximum absolute atomic E-state index is 13.7. The fourth-order valence-corrected chi connectivity index (χ4v) is 5.43. The maximum Gasteiger partial charge on any atom is 0.319 e. The van der Waals surface area contributed by atoms with Crippen molar-refractivity contribution in [2.24, 2.45) is 0 Å². The van der Waals surface area contributed by atoms with Gasteiger partial charge < -0.3 is 10.2 Å². The van der Waals surface area contributed by atoms with E-state index >= 15 is 0 Å². The number of aryl methyl sites for hydroxylation is 1. The van der Waals surface area contributed by atoms with Gasteiger partial charge in [-0.05, 0) is 25.5 Å². The number of rotatable bonds is 3. The van der Waals surface area contributed by atoms with E-state index in [0.29, 0.717) is 19.6 Å². The summed E-state index contributed by atoms with van der Waals surface area (Å²) >= 11 is 1.56. The average Bonchev–Trinajstić information content (AvgIpc) is 3.20. The molecular formula is C21H23N3O2S. The van der Waals surface area contributed by atoms with Gasteiger partial charge in [0.25, 0.3) is 5.91 Å². The molecule has 2 aliphatic rings. The number of hydrogen-bond acceptors (Lipinski definition) is 3. The van der Waals surface area contributed by atoms with Crippen molar-refractivity contribution in [1.29, 1.82) is 0 Å². The summed E-state index contributed by atoms with van der Waals surface area (Å²) in [7, 11) is 0. The lowest BCUT2D eigenvalue weighted by molar-refractivity contribution is -0.123. The standard InChI is InChI=1S/C21H23N3O2S/c1-3-22-20(26)24-11-12-27-21(24)17-9-4-5-10-18(17)23(19(21)25)14-16-8-6-7-15(2)13-16/h4-10,13H,3,11-12,14H2,1-2H3,(H,22,26)/t21-/m1/s1. The van der Waals surface area contributed by atoms with Crippen molar-refractivity contribution in [2.75, 3.05) is 23.7 Å². The van der Waals surface area contributed by atoms with E-state index in [4.69, 9.17) is 0 Å². The van der Waals surface area contributed by atoms with Crippen LogP contribution in [0.1, 0.15) is 23.6 Å². The SMILES string of the molecule is CCNC(=O)N1CCS[C@]12C(=O)N(Cc1cccc(C)c1)c1ccccc12. The number of nitrogens with one attached hydrogen (secondary N) is 1. The van der Waals surface area contributed by atoms with E-state index in [1.165, 1.54) is 5.56 Å². The number of hydrogen-bond donors (Lipinski definition) is 1. The van der Waals surface area contributed by atoms with Crippen LogP contribution in [0.15, 0.2) is 48.5 Å². The normalized spacial score (nSPS) is 21.0. The fourth-order valence-electron chi connectivity index (χ4n) is 3.96. The molecule has 27 heavy (non-hydrogen) atoms. The third kappa shape index (κ3) is 2.79. The summed E-state index contributed by atoms with van der Waals surface area (Å²) in [6.07, 6.45) is 0. The molecule has 1 saturated heterocycles. The summed E-state index contributed by atoms with van der Waals surface area (Å²) < 4.78 is 0. The molecule has 1 spiro atoms. The zero-order valence-corrected chi connectivity index (χ0v) is 16.4. The highest BCUT2D eigenvalue weighted by molar-refractivity contribution is 8.01. The van der Waals surface area contributed by atoms with Crippen LogP contribution in [-0.2, 0) is 16.2 Å². The number of benzene rings is 2. The summed E-state index contributed by atoms with van der Waals surface area (Å²) in [5.41, 5.74) is 4.06. The molecule has 1 atom stereocenters. The highest BCUT2D eigenvalue weighted by Crippen LogP contribution is 2.54. The first-order chi connectivity index (χ1) is 13.1. The highest BCUT2D eigenvalue weighted by Gasteiger charge is 2.59. The fraction of sp³-hybridized carbons (Fsp3) is 0.333. The first-order valence-corrected chi connectivity index (χ1v) is 10.2. The molecule has 0 bridgehead atoms. The number of carbonyl (C=O) groups excluding carboxylic acids is 2. The van der Waals surface area contributed by atoms with E-state index < -0.39 is 4.87 Å². The highest BCUT2D eigenvalue weighted by atomic mass is 32.2. The molecule has 1 fully saturated rings. The minimum absolute atomic E-state index is 0.0287. The smallest absolute Gasteiger partial charge is 0.319 e. The Kier molecular flexibility index (Phi) is 4.60. The Hall–Kier alpha value is -2.47. The summed E-state index contributed by atoms with van der Waals surface area (Å²) in [5, 5.41) is 2.86. The van der Waals surface area contributed by atoms with Crippen LogP contribution in [0, 0.1) is 6.92 Å². The van der Waals surface area contributed by atoms with E-state index in [9.17, 15) is 9.59 Å². The average molecular weight is 382 g/mol. The van der Waals surface area contributed by atoms with E-state index in [1.807, 2.05) is 61.2 Å². The first-order valence-electron chi connectivity index (χ1n) is 9.24. The second-order valence-electron chi connectivity index (χ2n) is 6.88. The number of fused-ring (bicyclic) bond motifs is 2. The van der Waals surface area contributed by atoms with Crippen LogP contribution in [0.25, 0.3) is 0 Å². The minimum atomic E-state index is -0.959. The topological polar surface area (TPSA) is 52.7 Å². The summed E-state index contributed by atoms with van der Waals surface area (Å²) in [6.45, 7) is 5.55. The predicted molar refractivity (Wildman–Crippen MR) is 109 cm³/mol. The summed E-state index contributed by atoms with van der Waals surface area (Å²) in [4.78, 5) is 29.0. The number of para-hydroxylation sites is 1. The lowest BCUT2D eigenvalue weighted by Gasteiger charge is -2.33. The van der Waals surface area contributed by atoms with Gasteiger partial charge in [0.15, 0.2) is 4.87 Å². The van der Waals surface area contributed by atoms with Crippen molar-refractivity contribution < 1.29 is 9.59 Å². The van der Waals surface area contributed by atoms with Gasteiger partial charge in [0.05, 0.1) is 12.2 Å². The molecule has 2 aromatic carbocycles. The molecule has 2 aromatic rings. The van der Waals surface area contributed by atoms with Crippen molar-refractivity contribution in [1.82, 2.24) is 10.2 Å². The summed E-state index contributed by atoms with van der Waals surface area (Å²) in [5.74, 6) is 0.717. The van der Waals surface area contributed by atoms with Gasteiger partial charge in [-0.2, -0.15) is 0 Å². The van der Waals surface area contributed by atoms with Gasteiger partial charge >= 0.3 is 6.03 Å². The van der Waals surface area contributed by atoms with E-state index in [2.05, 4.69) is 11.4 Å². The van der Waals surface area contributed by atoms with Crippen LogP contribution < -0.4 is 10.2 Å². The Morgan fingerprint density at radius 1 is 1.22 bits per heavy atom. The molecular weight excluding hydrogens is 358 g/mol. The number of nitrogens with zero attached hydrogens (tertiary/aromatic N) is 2. The van der Waals surface area contributed by atoms with Gasteiger partial charge in [-0.25, -0.2) is 4.79 Å². The van der Waals surface area contributed by atoms with Crippen LogP contribution in [0.5, 0.6) is 0 Å². The molecule has 0 unspecified atom stereocenters. The largest absolute Gasteiger partial charge is 0.338 e. The van der Waals surface area contributed by atoms with Crippen LogP contribution in [0.3, 0.4) is 0 Å². The minimum Gasteiger partial charge on any atom is -0.338 e. The van der Waals surface area contributed by atoms with Crippen LogP contribution in [-0.4, -0.2) is 35.7 Å². The third-order valence-corrected chi connectivity index (χ3v) is 6.52. The van der Waals surface area contributed by atoms with Crippen molar-refractivity contribution in [3.63, 3.8) is 0 Å². The number of anilines is 1. The number of thioether (sulfide) groups is 1. The van der Waals surface area contributed by atoms with Crippen molar-refractivity contribution in [3.8, 4) is 0 Å². The third-order valence-electron chi connectivity index (χ3n) is 5.10. The van der Waals surface area contributed by atoms with Crippen molar-refractivity contribution >= 4 is 29.4 Å². The molecule has 2 aliphatic heterocycles. The lowest BCUT2D eigenvalue weighted by Crippen LogP contribution is -2.53. The first kappa shape index (κ1) is 17.9. The second-order valence-corrected chi connectivity index (χ2v) is 8.16. The molecule has 4 rings (SSSR count). The van der Waals surface area contributed by atoms with Gasteiger partial charge in [-0.3, -0.25) is 9.69 Å². The molecule has 0 radical (unpaired) electrons. The van der Waals surface area contributed by atoms with E-state index in [1.54, 1.807) is 16.7 Å². The number of urea groups is 1. The quantitative estimate of drug-likeness (QED) is 0.886. The maximum atomic E-state index is 13.7. The Morgan fingerprint density at radius 3 is 2.81 bits per heavy atom. The molecule has 6 heteroatoms. The monoisotopic (exact) mass is 381 g/mol.